The highest BCUT2D eigenvalue weighted by atomic mass is 35.5. The average Bonchev–Trinajstić information content (AvgIpc) is 3.30. The minimum absolute atomic E-state index is 0.0245. The first kappa shape index (κ1) is 30.8. The largest absolute Gasteiger partial charge is 0.462 e. The zero-order valence-corrected chi connectivity index (χ0v) is 24.5. The van der Waals surface area contributed by atoms with Gasteiger partial charge in [0.25, 0.3) is 0 Å². The van der Waals surface area contributed by atoms with Crippen molar-refractivity contribution in [3.8, 4) is 6.01 Å². The lowest BCUT2D eigenvalue weighted by Gasteiger charge is -2.41. The summed E-state index contributed by atoms with van der Waals surface area (Å²) in [6.07, 6.45) is -2.96. The average molecular weight is 620 g/mol. The first-order valence-corrected chi connectivity index (χ1v) is 14.4. The van der Waals surface area contributed by atoms with Crippen LogP contribution in [-0.2, 0) is 23.9 Å². The molecule has 1 N–H and O–H groups in total. The molecule has 5 rings (SSSR count). The number of hydrogen-bond acceptors (Lipinski definition) is 8. The lowest BCUT2D eigenvalue weighted by molar-refractivity contribution is -0.137. The Hall–Kier alpha value is -3.60. The second kappa shape index (κ2) is 12.6. The number of piperazine rings is 1. The van der Waals surface area contributed by atoms with Gasteiger partial charge in [0.2, 0.25) is 12.5 Å². The first-order chi connectivity index (χ1) is 20.5. The molecule has 3 aliphatic rings. The van der Waals surface area contributed by atoms with Gasteiger partial charge in [0.15, 0.2) is 0 Å². The van der Waals surface area contributed by atoms with Crippen molar-refractivity contribution < 1.29 is 27.8 Å². The summed E-state index contributed by atoms with van der Waals surface area (Å²) in [6, 6.07) is 3.78. The summed E-state index contributed by atoms with van der Waals surface area (Å²) in [5.41, 5.74) is 0.408. The van der Waals surface area contributed by atoms with Gasteiger partial charge in [-0.1, -0.05) is 24.2 Å². The van der Waals surface area contributed by atoms with E-state index in [-0.39, 0.29) is 61.0 Å². The van der Waals surface area contributed by atoms with E-state index in [9.17, 15) is 23.1 Å². The standard InChI is InChI=1S/C29H33ClF3N7O3/c1-4-25(42)40-11-10-39(14-19(40)13-34-2)27-21-8-9-38(24-7-5-6-22(30)26(24)29(31,32)33)16-23(21)35-28(36-27)43-17-18-12-20(41)15-37(18)3/h4-7,18-20,41H,1,8-17H2,3H3/t18-,19-,20+/m0/s1. The quantitative estimate of drug-likeness (QED) is 0.373. The minimum Gasteiger partial charge on any atom is -0.462 e. The van der Waals surface area contributed by atoms with E-state index in [2.05, 4.69) is 16.4 Å². The Kier molecular flexibility index (Phi) is 9.01. The third-order valence-corrected chi connectivity index (χ3v) is 8.57. The molecule has 2 saturated heterocycles. The summed E-state index contributed by atoms with van der Waals surface area (Å²) in [5.74, 6) is 0.338. The highest BCUT2D eigenvalue weighted by Crippen LogP contribution is 2.43. The monoisotopic (exact) mass is 619 g/mol. The fourth-order valence-corrected chi connectivity index (χ4v) is 6.39. The van der Waals surface area contributed by atoms with Crippen LogP contribution < -0.4 is 14.5 Å². The van der Waals surface area contributed by atoms with E-state index in [0.717, 1.165) is 5.56 Å². The molecular weight excluding hydrogens is 587 g/mol. The van der Waals surface area contributed by atoms with Crippen LogP contribution >= 0.6 is 11.6 Å². The van der Waals surface area contributed by atoms with Gasteiger partial charge in [0, 0.05) is 44.3 Å². The van der Waals surface area contributed by atoms with Gasteiger partial charge >= 0.3 is 12.2 Å². The zero-order valence-electron chi connectivity index (χ0n) is 23.7. The van der Waals surface area contributed by atoms with Crippen molar-refractivity contribution in [3.05, 3.63) is 64.1 Å². The topological polar surface area (TPSA) is 89.6 Å². The number of β-amino-alcohol motifs (C(OH)–C–C–N with tert-alkyl or cyclic N) is 1. The highest BCUT2D eigenvalue weighted by Gasteiger charge is 2.39. The molecular formula is C29H33ClF3N7O3. The Morgan fingerprint density at radius 2 is 2.02 bits per heavy atom. The van der Waals surface area contributed by atoms with E-state index in [1.807, 2.05) is 16.8 Å². The number of carbonyl (C=O) groups is 1. The molecule has 2 aromatic rings. The summed E-state index contributed by atoms with van der Waals surface area (Å²) in [6.45, 7) is 13.3. The van der Waals surface area contributed by atoms with Crippen LogP contribution in [0.15, 0.2) is 30.9 Å². The van der Waals surface area contributed by atoms with Crippen LogP contribution in [0.25, 0.3) is 4.85 Å². The number of halogens is 4. The van der Waals surface area contributed by atoms with Gasteiger partial charge in [-0.15, -0.1) is 0 Å². The first-order valence-electron chi connectivity index (χ1n) is 14.0. The number of ether oxygens (including phenoxy) is 1. The number of fused-ring (bicyclic) bond motifs is 1. The van der Waals surface area contributed by atoms with Gasteiger partial charge < -0.3 is 29.4 Å². The van der Waals surface area contributed by atoms with Crippen molar-refractivity contribution >= 4 is 29.0 Å². The van der Waals surface area contributed by atoms with Crippen LogP contribution in [0.3, 0.4) is 0 Å². The molecule has 0 unspecified atom stereocenters. The van der Waals surface area contributed by atoms with Crippen LogP contribution in [0.1, 0.15) is 23.2 Å². The van der Waals surface area contributed by atoms with Crippen molar-refractivity contribution in [3.63, 3.8) is 0 Å². The molecule has 3 aliphatic heterocycles. The molecule has 3 atom stereocenters. The molecule has 4 heterocycles. The number of rotatable bonds is 7. The Bertz CT molecular complexity index is 1420. The maximum atomic E-state index is 14.0. The van der Waals surface area contributed by atoms with Crippen LogP contribution in [-0.4, -0.2) is 102 Å². The molecule has 2 fully saturated rings. The minimum atomic E-state index is -4.64. The van der Waals surface area contributed by atoms with E-state index >= 15 is 0 Å². The van der Waals surface area contributed by atoms with Crippen molar-refractivity contribution in [2.45, 2.75) is 43.8 Å². The third-order valence-electron chi connectivity index (χ3n) is 8.25. The van der Waals surface area contributed by atoms with E-state index in [1.54, 1.807) is 9.80 Å². The second-order valence-corrected chi connectivity index (χ2v) is 11.4. The van der Waals surface area contributed by atoms with E-state index in [0.29, 0.717) is 50.5 Å². The molecule has 1 aromatic carbocycles. The number of benzene rings is 1. The summed E-state index contributed by atoms with van der Waals surface area (Å²) in [4.78, 5) is 32.6. The molecule has 230 valence electrons. The summed E-state index contributed by atoms with van der Waals surface area (Å²) in [5, 5.41) is 9.67. The van der Waals surface area contributed by atoms with Gasteiger partial charge in [-0.2, -0.15) is 23.1 Å². The van der Waals surface area contributed by atoms with Crippen molar-refractivity contribution in [1.29, 1.82) is 0 Å². The van der Waals surface area contributed by atoms with E-state index in [4.69, 9.17) is 27.9 Å². The number of carbonyl (C=O) groups excluding carboxylic acids is 1. The molecule has 0 spiro atoms. The van der Waals surface area contributed by atoms with Crippen LogP contribution in [0.4, 0.5) is 24.7 Å². The number of hydrogen-bond donors (Lipinski definition) is 1. The predicted molar refractivity (Wildman–Crippen MR) is 155 cm³/mol. The fourth-order valence-electron chi connectivity index (χ4n) is 6.11. The summed E-state index contributed by atoms with van der Waals surface area (Å²) in [7, 11) is 1.89. The van der Waals surface area contributed by atoms with Gasteiger partial charge in [-0.25, -0.2) is 6.57 Å². The SMILES string of the molecule is [C-]#[N+]C[C@H]1CN(c2nc(OC[C@@H]3C[C@@H](O)CN3C)nc3c2CCN(c2cccc(Cl)c2C(F)(F)F)C3)CCN1C(=O)C=C. The number of aliphatic hydroxyl groups is 1. The Morgan fingerprint density at radius 3 is 2.70 bits per heavy atom. The van der Waals surface area contributed by atoms with Crippen LogP contribution in [0.2, 0.25) is 5.02 Å². The van der Waals surface area contributed by atoms with Crippen LogP contribution in [0, 0.1) is 6.57 Å². The van der Waals surface area contributed by atoms with Gasteiger partial charge in [-0.3, -0.25) is 9.69 Å². The van der Waals surface area contributed by atoms with Crippen LogP contribution in [0.5, 0.6) is 6.01 Å². The number of aromatic nitrogens is 2. The molecule has 0 aliphatic carbocycles. The highest BCUT2D eigenvalue weighted by molar-refractivity contribution is 6.31. The predicted octanol–water partition coefficient (Wildman–Crippen LogP) is 3.28. The molecule has 0 bridgehead atoms. The smallest absolute Gasteiger partial charge is 0.419 e. The van der Waals surface area contributed by atoms with Gasteiger partial charge in [0.1, 0.15) is 18.5 Å². The fraction of sp³-hybridized carbons (Fsp3) is 0.517. The Balaban J connectivity index is 1.49. The Labute approximate surface area is 253 Å². The van der Waals surface area contributed by atoms with Crippen molar-refractivity contribution in [1.82, 2.24) is 19.8 Å². The normalized spacial score (nSPS) is 22.7. The molecule has 43 heavy (non-hydrogen) atoms. The third kappa shape index (κ3) is 6.51. The molecule has 0 saturated carbocycles. The molecule has 10 nitrogen and oxygen atoms in total. The lowest BCUT2D eigenvalue weighted by atomic mass is 10.0. The van der Waals surface area contributed by atoms with E-state index < -0.39 is 17.8 Å². The summed E-state index contributed by atoms with van der Waals surface area (Å²) >= 11 is 6.02. The Morgan fingerprint density at radius 1 is 1.23 bits per heavy atom. The summed E-state index contributed by atoms with van der Waals surface area (Å²) < 4.78 is 48.1. The zero-order chi connectivity index (χ0) is 30.9. The maximum Gasteiger partial charge on any atom is 0.419 e. The number of nitrogens with zero attached hydrogens (tertiary/aromatic N) is 7. The molecule has 1 amide bonds. The number of likely N-dealkylation sites (N-methyl/N-ethyl adjacent to an activating group) is 1. The number of alkyl halides is 3. The number of aliphatic hydroxyl groups excluding tert-OH is 1. The molecule has 0 radical (unpaired) electrons. The van der Waals surface area contributed by atoms with Crippen molar-refractivity contribution in [2.24, 2.45) is 0 Å². The number of amides is 1. The molecule has 14 heteroatoms. The van der Waals surface area contributed by atoms with E-state index in [1.165, 1.54) is 24.3 Å². The van der Waals surface area contributed by atoms with Gasteiger partial charge in [0.05, 0.1) is 34.6 Å². The molecule has 1 aromatic heterocycles. The second-order valence-electron chi connectivity index (χ2n) is 11.0. The van der Waals surface area contributed by atoms with Crippen molar-refractivity contribution in [2.75, 3.05) is 62.7 Å². The van der Waals surface area contributed by atoms with Gasteiger partial charge in [-0.05, 0) is 38.1 Å². The lowest BCUT2D eigenvalue weighted by Crippen LogP contribution is -2.56. The number of anilines is 2. The maximum absolute atomic E-state index is 14.0. The number of likely N-dealkylation sites (tertiary alicyclic amines) is 1.